The Bertz CT molecular complexity index is 390. The molecule has 1 heterocycles. The first-order valence-electron chi connectivity index (χ1n) is 6.15. The van der Waals surface area contributed by atoms with E-state index in [4.69, 9.17) is 4.52 Å². The maximum atomic E-state index is 12.2. The summed E-state index contributed by atoms with van der Waals surface area (Å²) >= 11 is 1.46. The number of hydrogen-bond acceptors (Lipinski definition) is 6. The minimum atomic E-state index is -0.250. The highest BCUT2D eigenvalue weighted by molar-refractivity contribution is 7.99. The first-order valence-corrected chi connectivity index (χ1v) is 7.03. The third-order valence-corrected chi connectivity index (χ3v) is 3.18. The second kappa shape index (κ2) is 6.89. The van der Waals surface area contributed by atoms with E-state index in [0.29, 0.717) is 16.4 Å². The molecule has 0 radical (unpaired) electrons. The monoisotopic (exact) mass is 271 g/mol. The lowest BCUT2D eigenvalue weighted by molar-refractivity contribution is 0.0921. The van der Waals surface area contributed by atoms with Crippen LogP contribution in [0.5, 0.6) is 0 Å². The average molecular weight is 271 g/mol. The zero-order valence-electron chi connectivity index (χ0n) is 11.6. The van der Waals surface area contributed by atoms with Gasteiger partial charge in [0.15, 0.2) is 0 Å². The van der Waals surface area contributed by atoms with Gasteiger partial charge in [-0.2, -0.15) is 4.98 Å². The summed E-state index contributed by atoms with van der Waals surface area (Å²) in [6.07, 6.45) is 0.760. The lowest BCUT2D eigenvalue weighted by Crippen LogP contribution is -2.35. The molecule has 0 aromatic carbocycles. The molecule has 0 bridgehead atoms. The summed E-state index contributed by atoms with van der Waals surface area (Å²) in [5.41, 5.74) is 0. The Labute approximate surface area is 112 Å². The van der Waals surface area contributed by atoms with Crippen LogP contribution in [-0.2, 0) is 0 Å². The molecule has 0 amide bonds. The molecule has 1 rings (SSSR count). The van der Waals surface area contributed by atoms with Crippen LogP contribution in [0.1, 0.15) is 44.7 Å². The Hall–Kier alpha value is -0.880. The first-order chi connectivity index (χ1) is 8.43. The standard InChI is InChI=1S/C12H21N3O2S/c1-7(2)6-9(13-5)10(16)11-14-12(17-15-11)18-8(3)4/h7-9,13H,6H2,1-5H3/t9-/m0/s1. The van der Waals surface area contributed by atoms with Crippen LogP contribution in [0.3, 0.4) is 0 Å². The molecule has 6 heteroatoms. The van der Waals surface area contributed by atoms with Gasteiger partial charge in [-0.1, -0.05) is 44.6 Å². The third kappa shape index (κ3) is 4.42. The number of rotatable bonds is 7. The van der Waals surface area contributed by atoms with Gasteiger partial charge in [0.1, 0.15) is 0 Å². The summed E-state index contributed by atoms with van der Waals surface area (Å²) in [5, 5.41) is 7.56. The Morgan fingerprint density at radius 2 is 2.06 bits per heavy atom. The smallest absolute Gasteiger partial charge is 0.286 e. The Kier molecular flexibility index (Phi) is 5.81. The van der Waals surface area contributed by atoms with Gasteiger partial charge in [-0.25, -0.2) is 0 Å². The fourth-order valence-electron chi connectivity index (χ4n) is 1.54. The Morgan fingerprint density at radius 1 is 1.39 bits per heavy atom. The quantitative estimate of drug-likeness (QED) is 0.606. The van der Waals surface area contributed by atoms with Crippen molar-refractivity contribution >= 4 is 17.5 Å². The second-order valence-corrected chi connectivity index (χ2v) is 6.41. The van der Waals surface area contributed by atoms with E-state index in [1.54, 1.807) is 7.05 Å². The summed E-state index contributed by atoms with van der Waals surface area (Å²) in [6.45, 7) is 8.22. The number of ketones is 1. The van der Waals surface area contributed by atoms with Crippen molar-refractivity contribution < 1.29 is 9.32 Å². The summed E-state index contributed by atoms with van der Waals surface area (Å²) in [4.78, 5) is 16.3. The van der Waals surface area contributed by atoms with Crippen LogP contribution in [0.4, 0.5) is 0 Å². The molecule has 1 N–H and O–H groups in total. The maximum Gasteiger partial charge on any atom is 0.286 e. The number of thioether (sulfide) groups is 1. The van der Waals surface area contributed by atoms with E-state index in [1.165, 1.54) is 11.8 Å². The van der Waals surface area contributed by atoms with Crippen molar-refractivity contribution in [2.45, 2.75) is 50.6 Å². The highest BCUT2D eigenvalue weighted by Gasteiger charge is 2.24. The number of nitrogens with zero attached hydrogens (tertiary/aromatic N) is 2. The van der Waals surface area contributed by atoms with Crippen LogP contribution in [-0.4, -0.2) is 34.3 Å². The molecule has 0 aliphatic carbocycles. The van der Waals surface area contributed by atoms with Gasteiger partial charge < -0.3 is 9.84 Å². The maximum absolute atomic E-state index is 12.2. The number of aromatic nitrogens is 2. The normalized spacial score (nSPS) is 13.3. The number of likely N-dealkylation sites (N-methyl/N-ethyl adjacent to an activating group) is 1. The number of Topliss-reactive ketones (excluding diaryl/α,β-unsaturated/α-hetero) is 1. The largest absolute Gasteiger partial charge is 0.327 e. The second-order valence-electron chi connectivity index (χ2n) is 4.89. The summed E-state index contributed by atoms with van der Waals surface area (Å²) in [5.74, 6) is 0.492. The van der Waals surface area contributed by atoms with Crippen molar-refractivity contribution in [3.63, 3.8) is 0 Å². The van der Waals surface area contributed by atoms with E-state index in [9.17, 15) is 4.79 Å². The van der Waals surface area contributed by atoms with Crippen LogP contribution >= 0.6 is 11.8 Å². The minimum absolute atomic E-state index is 0.106. The molecule has 0 spiro atoms. The van der Waals surface area contributed by atoms with Crippen molar-refractivity contribution in [1.82, 2.24) is 15.5 Å². The SMILES string of the molecule is CN[C@@H](CC(C)C)C(=O)c1noc(SC(C)C)n1. The highest BCUT2D eigenvalue weighted by Crippen LogP contribution is 2.21. The minimum Gasteiger partial charge on any atom is -0.327 e. The van der Waals surface area contributed by atoms with Gasteiger partial charge in [-0.05, 0) is 19.4 Å². The predicted octanol–water partition coefficient (Wildman–Crippen LogP) is 2.39. The zero-order valence-corrected chi connectivity index (χ0v) is 12.4. The van der Waals surface area contributed by atoms with Crippen molar-refractivity contribution in [3.05, 3.63) is 5.82 Å². The number of carbonyl (C=O) groups excluding carboxylic acids is 1. The molecule has 0 saturated carbocycles. The van der Waals surface area contributed by atoms with E-state index in [1.807, 2.05) is 13.8 Å². The first kappa shape index (κ1) is 15.2. The van der Waals surface area contributed by atoms with E-state index in [2.05, 4.69) is 29.3 Å². The Morgan fingerprint density at radius 3 is 2.56 bits per heavy atom. The summed E-state index contributed by atoms with van der Waals surface area (Å²) in [7, 11) is 1.77. The predicted molar refractivity (Wildman–Crippen MR) is 71.9 cm³/mol. The fraction of sp³-hybridized carbons (Fsp3) is 0.750. The molecule has 0 aliphatic rings. The Balaban J connectivity index is 2.73. The molecule has 1 aromatic rings. The van der Waals surface area contributed by atoms with Crippen molar-refractivity contribution in [3.8, 4) is 0 Å². The fourth-order valence-corrected chi connectivity index (χ4v) is 2.17. The van der Waals surface area contributed by atoms with Gasteiger partial charge >= 0.3 is 0 Å². The van der Waals surface area contributed by atoms with Gasteiger partial charge in [0.2, 0.25) is 11.6 Å². The third-order valence-electron chi connectivity index (χ3n) is 2.34. The molecule has 0 fully saturated rings. The van der Waals surface area contributed by atoms with Crippen LogP contribution in [0.15, 0.2) is 9.75 Å². The van der Waals surface area contributed by atoms with Crippen LogP contribution in [0.2, 0.25) is 0 Å². The summed E-state index contributed by atoms with van der Waals surface area (Å²) < 4.78 is 5.05. The van der Waals surface area contributed by atoms with E-state index < -0.39 is 0 Å². The molecule has 1 atom stereocenters. The van der Waals surface area contributed by atoms with Gasteiger partial charge in [0, 0.05) is 5.25 Å². The van der Waals surface area contributed by atoms with Crippen molar-refractivity contribution in [2.75, 3.05) is 7.05 Å². The molecule has 0 unspecified atom stereocenters. The molecular weight excluding hydrogens is 250 g/mol. The molecule has 1 aromatic heterocycles. The van der Waals surface area contributed by atoms with E-state index >= 15 is 0 Å². The highest BCUT2D eigenvalue weighted by atomic mass is 32.2. The van der Waals surface area contributed by atoms with Gasteiger partial charge in [0.25, 0.3) is 5.22 Å². The molecule has 0 saturated heterocycles. The molecule has 102 valence electrons. The lowest BCUT2D eigenvalue weighted by Gasteiger charge is -2.14. The van der Waals surface area contributed by atoms with Gasteiger partial charge in [0.05, 0.1) is 6.04 Å². The van der Waals surface area contributed by atoms with E-state index in [0.717, 1.165) is 6.42 Å². The summed E-state index contributed by atoms with van der Waals surface area (Å²) in [6, 6.07) is -0.250. The zero-order chi connectivity index (χ0) is 13.7. The van der Waals surface area contributed by atoms with E-state index in [-0.39, 0.29) is 17.6 Å². The molecular formula is C12H21N3O2S. The van der Waals surface area contributed by atoms with Crippen LogP contribution in [0, 0.1) is 5.92 Å². The molecule has 18 heavy (non-hydrogen) atoms. The van der Waals surface area contributed by atoms with Gasteiger partial charge in [-0.15, -0.1) is 0 Å². The molecule has 0 aliphatic heterocycles. The number of hydrogen-bond donors (Lipinski definition) is 1. The van der Waals surface area contributed by atoms with Crippen LogP contribution < -0.4 is 5.32 Å². The van der Waals surface area contributed by atoms with Gasteiger partial charge in [-0.3, -0.25) is 4.79 Å². The number of nitrogens with one attached hydrogen (secondary N) is 1. The van der Waals surface area contributed by atoms with Crippen molar-refractivity contribution in [2.24, 2.45) is 5.92 Å². The number of carbonyl (C=O) groups is 1. The lowest BCUT2D eigenvalue weighted by atomic mass is 10.0. The van der Waals surface area contributed by atoms with Crippen LogP contribution in [0.25, 0.3) is 0 Å². The van der Waals surface area contributed by atoms with Crippen molar-refractivity contribution in [1.29, 1.82) is 0 Å². The molecule has 5 nitrogen and oxygen atoms in total. The topological polar surface area (TPSA) is 68.0 Å². The average Bonchev–Trinajstić information content (AvgIpc) is 2.72.